The van der Waals surface area contributed by atoms with E-state index in [1.165, 1.54) is 30.7 Å². The summed E-state index contributed by atoms with van der Waals surface area (Å²) in [6.45, 7) is 6.70. The van der Waals surface area contributed by atoms with Crippen LogP contribution < -0.4 is 5.32 Å². The Morgan fingerprint density at radius 3 is 2.94 bits per heavy atom. The molecule has 0 saturated carbocycles. The van der Waals surface area contributed by atoms with Crippen molar-refractivity contribution >= 4 is 35.3 Å². The summed E-state index contributed by atoms with van der Waals surface area (Å²) in [6.07, 6.45) is 3.86. The molecule has 1 fully saturated rings. The molecule has 0 amide bonds. The Labute approximate surface area is 125 Å². The highest BCUT2D eigenvalue weighted by atomic mass is 35.5. The van der Waals surface area contributed by atoms with Gasteiger partial charge in [-0.05, 0) is 50.3 Å². The van der Waals surface area contributed by atoms with Gasteiger partial charge < -0.3 is 5.32 Å². The Balaban J connectivity index is 0.00000162. The number of hydrogen-bond donors (Lipinski definition) is 1. The van der Waals surface area contributed by atoms with Gasteiger partial charge in [0, 0.05) is 17.5 Å². The van der Waals surface area contributed by atoms with Crippen molar-refractivity contribution in [3.05, 3.63) is 21.3 Å². The minimum absolute atomic E-state index is 0. The molecule has 0 aromatic carbocycles. The zero-order valence-electron chi connectivity index (χ0n) is 10.8. The quantitative estimate of drug-likeness (QED) is 0.910. The van der Waals surface area contributed by atoms with Gasteiger partial charge in [0.25, 0.3) is 0 Å². The highest BCUT2D eigenvalue weighted by molar-refractivity contribution is 7.10. The van der Waals surface area contributed by atoms with Crippen molar-refractivity contribution in [3.8, 4) is 0 Å². The van der Waals surface area contributed by atoms with Crippen LogP contribution in [0, 0.1) is 0 Å². The second-order valence-electron chi connectivity index (χ2n) is 4.59. The van der Waals surface area contributed by atoms with E-state index in [0.717, 1.165) is 24.7 Å². The molecule has 1 aliphatic rings. The Kier molecular flexibility index (Phi) is 7.57. The van der Waals surface area contributed by atoms with E-state index in [0.29, 0.717) is 6.04 Å². The maximum Gasteiger partial charge on any atom is 0.0558 e. The van der Waals surface area contributed by atoms with Crippen LogP contribution in [0.4, 0.5) is 0 Å². The number of hydrogen-bond acceptors (Lipinski definition) is 3. The van der Waals surface area contributed by atoms with E-state index in [1.54, 1.807) is 11.3 Å². The molecule has 18 heavy (non-hydrogen) atoms. The zero-order valence-corrected chi connectivity index (χ0v) is 13.2. The first-order chi connectivity index (χ1) is 8.31. The SMILES string of the molecule is CCN(Cc1sccc1Cl)C1CCCNCC1.Cl. The Morgan fingerprint density at radius 2 is 2.28 bits per heavy atom. The van der Waals surface area contributed by atoms with Gasteiger partial charge in [0.05, 0.1) is 5.02 Å². The van der Waals surface area contributed by atoms with E-state index < -0.39 is 0 Å². The van der Waals surface area contributed by atoms with Crippen LogP contribution in [-0.4, -0.2) is 30.6 Å². The molecule has 1 saturated heterocycles. The molecular weight excluding hydrogens is 287 g/mol. The highest BCUT2D eigenvalue weighted by Gasteiger charge is 2.19. The van der Waals surface area contributed by atoms with Crippen LogP contribution in [0.2, 0.25) is 5.02 Å². The largest absolute Gasteiger partial charge is 0.317 e. The van der Waals surface area contributed by atoms with Gasteiger partial charge in [0.15, 0.2) is 0 Å². The van der Waals surface area contributed by atoms with E-state index in [1.807, 2.05) is 6.07 Å². The topological polar surface area (TPSA) is 15.3 Å². The molecule has 1 atom stereocenters. The summed E-state index contributed by atoms with van der Waals surface area (Å²) in [7, 11) is 0. The van der Waals surface area contributed by atoms with Gasteiger partial charge >= 0.3 is 0 Å². The highest BCUT2D eigenvalue weighted by Crippen LogP contribution is 2.25. The number of thiophene rings is 1. The molecular formula is C13H22Cl2N2S. The first-order valence-electron chi connectivity index (χ1n) is 6.48. The zero-order chi connectivity index (χ0) is 12.1. The Hall–Kier alpha value is 0.200. The van der Waals surface area contributed by atoms with Gasteiger partial charge in [-0.15, -0.1) is 23.7 Å². The summed E-state index contributed by atoms with van der Waals surface area (Å²) >= 11 is 7.96. The second kappa shape index (κ2) is 8.39. The van der Waals surface area contributed by atoms with Crippen molar-refractivity contribution in [1.29, 1.82) is 0 Å². The molecule has 2 nitrogen and oxygen atoms in total. The van der Waals surface area contributed by atoms with Crippen molar-refractivity contribution in [2.24, 2.45) is 0 Å². The summed E-state index contributed by atoms with van der Waals surface area (Å²) < 4.78 is 0. The molecule has 0 radical (unpaired) electrons. The van der Waals surface area contributed by atoms with Crippen LogP contribution in [0.15, 0.2) is 11.4 Å². The van der Waals surface area contributed by atoms with Gasteiger partial charge in [-0.1, -0.05) is 18.5 Å². The fourth-order valence-electron chi connectivity index (χ4n) is 2.49. The number of nitrogens with one attached hydrogen (secondary N) is 1. The molecule has 0 spiro atoms. The van der Waals surface area contributed by atoms with Crippen molar-refractivity contribution in [1.82, 2.24) is 10.2 Å². The van der Waals surface area contributed by atoms with Gasteiger partial charge in [-0.25, -0.2) is 0 Å². The van der Waals surface area contributed by atoms with Crippen LogP contribution in [0.1, 0.15) is 31.1 Å². The second-order valence-corrected chi connectivity index (χ2v) is 6.00. The number of halogens is 2. The average Bonchev–Trinajstić information content (AvgIpc) is 2.58. The van der Waals surface area contributed by atoms with Crippen LogP contribution in [0.25, 0.3) is 0 Å². The summed E-state index contributed by atoms with van der Waals surface area (Å²) in [4.78, 5) is 3.88. The molecule has 1 aromatic rings. The van der Waals surface area contributed by atoms with Crippen LogP contribution in [-0.2, 0) is 6.54 Å². The minimum Gasteiger partial charge on any atom is -0.317 e. The molecule has 0 bridgehead atoms. The predicted octanol–water partition coefficient (Wildman–Crippen LogP) is 3.79. The summed E-state index contributed by atoms with van der Waals surface area (Å²) in [5.74, 6) is 0. The fourth-order valence-corrected chi connectivity index (χ4v) is 3.61. The first kappa shape index (κ1) is 16.3. The third-order valence-electron chi connectivity index (χ3n) is 3.51. The van der Waals surface area contributed by atoms with Crippen molar-refractivity contribution in [2.75, 3.05) is 19.6 Å². The lowest BCUT2D eigenvalue weighted by Crippen LogP contribution is -2.35. The molecule has 104 valence electrons. The summed E-state index contributed by atoms with van der Waals surface area (Å²) in [5.41, 5.74) is 0. The molecule has 1 aromatic heterocycles. The molecule has 1 unspecified atom stereocenters. The summed E-state index contributed by atoms with van der Waals surface area (Å²) in [6, 6.07) is 2.72. The van der Waals surface area contributed by atoms with Crippen molar-refractivity contribution < 1.29 is 0 Å². The van der Waals surface area contributed by atoms with Crippen molar-refractivity contribution in [3.63, 3.8) is 0 Å². The molecule has 1 N–H and O–H groups in total. The molecule has 1 aliphatic heterocycles. The molecule has 0 aliphatic carbocycles. The molecule has 2 heterocycles. The lowest BCUT2D eigenvalue weighted by Gasteiger charge is -2.29. The van der Waals surface area contributed by atoms with Crippen LogP contribution in [0.5, 0.6) is 0 Å². The van der Waals surface area contributed by atoms with Gasteiger partial charge in [0.1, 0.15) is 0 Å². The van der Waals surface area contributed by atoms with Gasteiger partial charge in [-0.2, -0.15) is 0 Å². The summed E-state index contributed by atoms with van der Waals surface area (Å²) in [5, 5.41) is 6.49. The number of rotatable bonds is 4. The predicted molar refractivity (Wildman–Crippen MR) is 83.2 cm³/mol. The van der Waals surface area contributed by atoms with E-state index >= 15 is 0 Å². The standard InChI is InChI=1S/C13H21ClN2S.ClH/c1-2-16(10-13-12(14)6-9-17-13)11-4-3-7-15-8-5-11;/h6,9,11,15H,2-5,7-8,10H2,1H3;1H. The van der Waals surface area contributed by atoms with Gasteiger partial charge in [-0.3, -0.25) is 4.90 Å². The minimum atomic E-state index is 0. The molecule has 5 heteroatoms. The third-order valence-corrected chi connectivity index (χ3v) is 4.88. The maximum atomic E-state index is 6.18. The number of nitrogens with zero attached hydrogens (tertiary/aromatic N) is 1. The normalized spacial score (nSPS) is 20.5. The average molecular weight is 309 g/mol. The van der Waals surface area contributed by atoms with Crippen LogP contribution in [0.3, 0.4) is 0 Å². The fraction of sp³-hybridized carbons (Fsp3) is 0.692. The van der Waals surface area contributed by atoms with E-state index in [-0.39, 0.29) is 12.4 Å². The lowest BCUT2D eigenvalue weighted by atomic mass is 10.1. The molecule has 2 rings (SSSR count). The third kappa shape index (κ3) is 4.39. The Morgan fingerprint density at radius 1 is 1.44 bits per heavy atom. The van der Waals surface area contributed by atoms with E-state index in [2.05, 4.69) is 22.5 Å². The first-order valence-corrected chi connectivity index (χ1v) is 7.73. The lowest BCUT2D eigenvalue weighted by molar-refractivity contribution is 0.184. The Bertz CT molecular complexity index is 335. The van der Waals surface area contributed by atoms with E-state index in [4.69, 9.17) is 11.6 Å². The smallest absolute Gasteiger partial charge is 0.0558 e. The van der Waals surface area contributed by atoms with E-state index in [9.17, 15) is 0 Å². The van der Waals surface area contributed by atoms with Gasteiger partial charge in [0.2, 0.25) is 0 Å². The maximum absolute atomic E-state index is 6.18. The van der Waals surface area contributed by atoms with Crippen LogP contribution >= 0.6 is 35.3 Å². The van der Waals surface area contributed by atoms with Crippen molar-refractivity contribution in [2.45, 2.75) is 38.8 Å². The monoisotopic (exact) mass is 308 g/mol.